The molecule has 1 fully saturated rings. The van der Waals surface area contributed by atoms with Crippen molar-refractivity contribution in [3.8, 4) is 17.0 Å². The highest BCUT2D eigenvalue weighted by Gasteiger charge is 2.27. The molecule has 0 unspecified atom stereocenters. The van der Waals surface area contributed by atoms with E-state index in [1.54, 1.807) is 28.9 Å². The van der Waals surface area contributed by atoms with E-state index in [1.165, 1.54) is 0 Å². The van der Waals surface area contributed by atoms with Crippen LogP contribution in [0.25, 0.3) is 22.2 Å². The number of benzene rings is 1. The molecule has 9 nitrogen and oxygen atoms in total. The van der Waals surface area contributed by atoms with Crippen LogP contribution in [0.1, 0.15) is 42.1 Å². The molecule has 9 heteroatoms. The third kappa shape index (κ3) is 4.13. The second-order valence-corrected chi connectivity index (χ2v) is 8.41. The summed E-state index contributed by atoms with van der Waals surface area (Å²) in [5.41, 5.74) is 3.19. The quantitative estimate of drug-likeness (QED) is 0.458. The van der Waals surface area contributed by atoms with E-state index in [0.717, 1.165) is 53.7 Å². The molecule has 0 spiro atoms. The number of carboxylic acids is 1. The Morgan fingerprint density at radius 3 is 2.55 bits per heavy atom. The van der Waals surface area contributed by atoms with Gasteiger partial charge in [0.15, 0.2) is 0 Å². The molecule has 0 radical (unpaired) electrons. The summed E-state index contributed by atoms with van der Waals surface area (Å²) in [5.74, 6) is 0.579. The monoisotopic (exact) mass is 446 g/mol. The van der Waals surface area contributed by atoms with Gasteiger partial charge in [-0.1, -0.05) is 0 Å². The van der Waals surface area contributed by atoms with Crippen molar-refractivity contribution in [3.63, 3.8) is 0 Å². The fraction of sp³-hybridized carbons (Fsp3) is 0.333. The van der Waals surface area contributed by atoms with E-state index in [2.05, 4.69) is 26.1 Å². The van der Waals surface area contributed by atoms with Gasteiger partial charge in [0, 0.05) is 43.5 Å². The zero-order valence-electron chi connectivity index (χ0n) is 18.6. The Labute approximate surface area is 191 Å². The maximum Gasteiger partial charge on any atom is 0.335 e. The first-order chi connectivity index (χ1) is 16.0. The van der Waals surface area contributed by atoms with Gasteiger partial charge in [-0.3, -0.25) is 9.36 Å². The lowest BCUT2D eigenvalue weighted by atomic mass is 9.93. The third-order valence-corrected chi connectivity index (χ3v) is 6.22. The lowest BCUT2D eigenvalue weighted by molar-refractivity contribution is 0.0696. The molecule has 170 valence electrons. The van der Waals surface area contributed by atoms with Crippen molar-refractivity contribution in [2.75, 3.05) is 12.4 Å². The first-order valence-corrected chi connectivity index (χ1v) is 11.1. The smallest absolute Gasteiger partial charge is 0.335 e. The van der Waals surface area contributed by atoms with Crippen LogP contribution in [0.5, 0.6) is 5.75 Å². The minimum atomic E-state index is -0.934. The van der Waals surface area contributed by atoms with E-state index < -0.39 is 5.97 Å². The predicted octanol–water partition coefficient (Wildman–Crippen LogP) is 4.13. The number of anilines is 1. The highest BCUT2D eigenvalue weighted by Crippen LogP contribution is 2.36. The minimum absolute atomic E-state index is 0.103. The summed E-state index contributed by atoms with van der Waals surface area (Å²) in [5, 5.41) is 22.5. The lowest BCUT2D eigenvalue weighted by Crippen LogP contribution is -2.26. The molecule has 0 amide bonds. The number of fused-ring (bicyclic) bond motifs is 1. The van der Waals surface area contributed by atoms with Gasteiger partial charge >= 0.3 is 5.97 Å². The average molecular weight is 447 g/mol. The Morgan fingerprint density at radius 1 is 1.15 bits per heavy atom. The number of nitrogens with one attached hydrogen (secondary N) is 1. The minimum Gasteiger partial charge on any atom is -0.490 e. The van der Waals surface area contributed by atoms with Gasteiger partial charge in [0.05, 0.1) is 29.4 Å². The number of ether oxygens (including phenoxy) is 1. The number of hydrogen-bond acceptors (Lipinski definition) is 6. The average Bonchev–Trinajstić information content (AvgIpc) is 3.43. The van der Waals surface area contributed by atoms with Gasteiger partial charge in [-0.2, -0.15) is 10.2 Å². The molecular weight excluding hydrogens is 420 g/mol. The molecule has 3 heterocycles. The fourth-order valence-corrected chi connectivity index (χ4v) is 4.48. The number of carbonyl (C=O) groups is 1. The van der Waals surface area contributed by atoms with E-state index >= 15 is 0 Å². The normalized spacial score (nSPS) is 18.4. The summed E-state index contributed by atoms with van der Waals surface area (Å²) in [6.07, 6.45) is 9.47. The van der Waals surface area contributed by atoms with E-state index in [1.807, 2.05) is 32.7 Å². The van der Waals surface area contributed by atoms with Crippen LogP contribution in [0.15, 0.2) is 48.9 Å². The van der Waals surface area contributed by atoms with Crippen molar-refractivity contribution in [2.45, 2.75) is 37.8 Å². The summed E-state index contributed by atoms with van der Waals surface area (Å²) < 4.78 is 10.0. The Bertz CT molecular complexity index is 1290. The topological polar surface area (TPSA) is 107 Å². The maximum atomic E-state index is 11.0. The molecule has 5 rings (SSSR count). The van der Waals surface area contributed by atoms with Crippen molar-refractivity contribution in [3.05, 3.63) is 54.5 Å². The summed E-state index contributed by atoms with van der Waals surface area (Å²) in [7, 11) is 3.76. The van der Waals surface area contributed by atoms with Crippen LogP contribution in [0, 0.1) is 0 Å². The SMILES string of the molecule is CNc1cc2c(cn1)c(-c1cnn(C)c1)nn2[C@H]1CC[C@@H](Oc2ccc(C(=O)O)cc2)CC1. The largest absolute Gasteiger partial charge is 0.490 e. The molecule has 1 aromatic carbocycles. The number of rotatable bonds is 6. The number of hydrogen-bond donors (Lipinski definition) is 2. The van der Waals surface area contributed by atoms with Gasteiger partial charge in [0.1, 0.15) is 17.3 Å². The zero-order chi connectivity index (χ0) is 22.9. The van der Waals surface area contributed by atoms with Crippen molar-refractivity contribution in [1.82, 2.24) is 24.5 Å². The highest BCUT2D eigenvalue weighted by atomic mass is 16.5. The zero-order valence-corrected chi connectivity index (χ0v) is 18.6. The lowest BCUT2D eigenvalue weighted by Gasteiger charge is -2.29. The first kappa shape index (κ1) is 21.0. The summed E-state index contributed by atoms with van der Waals surface area (Å²) in [6, 6.07) is 8.92. The molecule has 1 saturated carbocycles. The van der Waals surface area contributed by atoms with Gasteiger partial charge in [-0.25, -0.2) is 9.78 Å². The highest BCUT2D eigenvalue weighted by molar-refractivity contribution is 5.93. The molecule has 0 saturated heterocycles. The molecule has 2 N–H and O–H groups in total. The van der Waals surface area contributed by atoms with E-state index in [0.29, 0.717) is 5.75 Å². The first-order valence-electron chi connectivity index (χ1n) is 11.1. The second-order valence-electron chi connectivity index (χ2n) is 8.41. The van der Waals surface area contributed by atoms with E-state index in [-0.39, 0.29) is 17.7 Å². The molecule has 33 heavy (non-hydrogen) atoms. The van der Waals surface area contributed by atoms with Gasteiger partial charge in [0.2, 0.25) is 0 Å². The molecule has 0 bridgehead atoms. The van der Waals surface area contributed by atoms with Gasteiger partial charge < -0.3 is 15.2 Å². The standard InChI is InChI=1S/C24H26N6O3/c1-25-22-11-21-20(13-26-22)23(16-12-27-29(2)14-16)28-30(21)17-5-9-19(10-6-17)33-18-7-3-15(4-8-18)24(31)32/h3-4,7-8,11-14,17,19H,5-6,9-10H2,1-2H3,(H,25,26)(H,31,32)/t17-,19+. The fourth-order valence-electron chi connectivity index (χ4n) is 4.48. The molecular formula is C24H26N6O3. The molecule has 0 atom stereocenters. The molecule has 3 aromatic heterocycles. The number of carboxylic acid groups (broad SMARTS) is 1. The number of aromatic carboxylic acids is 1. The molecule has 1 aliphatic carbocycles. The van der Waals surface area contributed by atoms with Crippen molar-refractivity contribution in [2.24, 2.45) is 7.05 Å². The third-order valence-electron chi connectivity index (χ3n) is 6.22. The Balaban J connectivity index is 1.36. The van der Waals surface area contributed by atoms with Crippen LogP contribution in [0.3, 0.4) is 0 Å². The van der Waals surface area contributed by atoms with Crippen LogP contribution >= 0.6 is 0 Å². The van der Waals surface area contributed by atoms with E-state index in [9.17, 15) is 4.79 Å². The second kappa shape index (κ2) is 8.57. The van der Waals surface area contributed by atoms with Crippen LogP contribution in [0.2, 0.25) is 0 Å². The Hall–Kier alpha value is -3.88. The van der Waals surface area contributed by atoms with E-state index in [4.69, 9.17) is 14.9 Å². The number of nitrogens with zero attached hydrogens (tertiary/aromatic N) is 5. The Kier molecular flexibility index (Phi) is 5.45. The van der Waals surface area contributed by atoms with Crippen molar-refractivity contribution in [1.29, 1.82) is 0 Å². The van der Waals surface area contributed by atoms with Crippen LogP contribution < -0.4 is 10.1 Å². The van der Waals surface area contributed by atoms with Crippen LogP contribution in [-0.2, 0) is 7.05 Å². The van der Waals surface area contributed by atoms with Crippen LogP contribution in [0.4, 0.5) is 5.82 Å². The summed E-state index contributed by atoms with van der Waals surface area (Å²) >= 11 is 0. The maximum absolute atomic E-state index is 11.0. The van der Waals surface area contributed by atoms with Crippen LogP contribution in [-0.4, -0.2) is 48.8 Å². The number of aromatic nitrogens is 5. The number of pyridine rings is 1. The molecule has 0 aliphatic heterocycles. The number of aryl methyl sites for hydroxylation is 1. The van der Waals surface area contributed by atoms with Crippen molar-refractivity contribution < 1.29 is 14.6 Å². The molecule has 1 aliphatic rings. The van der Waals surface area contributed by atoms with Crippen molar-refractivity contribution >= 4 is 22.7 Å². The predicted molar refractivity (Wildman–Crippen MR) is 125 cm³/mol. The summed E-state index contributed by atoms with van der Waals surface area (Å²) in [4.78, 5) is 15.5. The summed E-state index contributed by atoms with van der Waals surface area (Å²) in [6.45, 7) is 0. The van der Waals surface area contributed by atoms with Gasteiger partial charge in [0.25, 0.3) is 0 Å². The molecule has 4 aromatic rings. The van der Waals surface area contributed by atoms with Gasteiger partial charge in [-0.15, -0.1) is 0 Å². The van der Waals surface area contributed by atoms with Gasteiger partial charge in [-0.05, 0) is 49.9 Å². The Morgan fingerprint density at radius 2 is 1.91 bits per heavy atom.